The van der Waals surface area contributed by atoms with Crippen LogP contribution in [0.2, 0.25) is 6.04 Å². The molecule has 2 N–H and O–H groups in total. The highest BCUT2D eigenvalue weighted by Gasteiger charge is 2.39. The summed E-state index contributed by atoms with van der Waals surface area (Å²) in [5.74, 6) is 0.107. The molecule has 0 aliphatic carbocycles. The van der Waals surface area contributed by atoms with Gasteiger partial charge in [0.05, 0.1) is 17.6 Å². The van der Waals surface area contributed by atoms with Crippen LogP contribution in [0.1, 0.15) is 38.3 Å². The van der Waals surface area contributed by atoms with E-state index in [-0.39, 0.29) is 24.7 Å². The maximum atomic E-state index is 12.7. The number of amides is 1. The van der Waals surface area contributed by atoms with Crippen LogP contribution in [0.5, 0.6) is 0 Å². The Morgan fingerprint density at radius 2 is 1.57 bits per heavy atom. The molecule has 0 aromatic heterocycles. The first kappa shape index (κ1) is 37.2. The Kier molecular flexibility index (Phi) is 14.2. The van der Waals surface area contributed by atoms with Gasteiger partial charge >= 0.3 is 20.6 Å². The predicted molar refractivity (Wildman–Crippen MR) is 172 cm³/mol. The number of hydrogen-bond donors (Lipinski definition) is 2. The lowest BCUT2D eigenvalue weighted by Crippen LogP contribution is -2.47. The van der Waals surface area contributed by atoms with Gasteiger partial charge in [-0.3, -0.25) is 9.78 Å². The highest BCUT2D eigenvalue weighted by Crippen LogP contribution is 2.26. The summed E-state index contributed by atoms with van der Waals surface area (Å²) < 4.78 is 42.1. The van der Waals surface area contributed by atoms with E-state index in [1.165, 1.54) is 21.3 Å². The summed E-state index contributed by atoms with van der Waals surface area (Å²) in [5, 5.41) is 2.75. The van der Waals surface area contributed by atoms with E-state index in [1.807, 2.05) is 46.8 Å². The van der Waals surface area contributed by atoms with E-state index < -0.39 is 44.5 Å². The Morgan fingerprint density at radius 1 is 0.935 bits per heavy atom. The minimum Gasteiger partial charge on any atom is -0.447 e. The summed E-state index contributed by atoms with van der Waals surface area (Å²) in [6.07, 6.45) is -2.20. The Hall–Kier alpha value is -3.25. The van der Waals surface area contributed by atoms with Gasteiger partial charge in [0.2, 0.25) is 0 Å². The number of aromatic nitrogens is 4. The summed E-state index contributed by atoms with van der Waals surface area (Å²) in [7, 11) is 1.66. The van der Waals surface area contributed by atoms with Crippen LogP contribution in [-0.2, 0) is 38.8 Å². The summed E-state index contributed by atoms with van der Waals surface area (Å²) in [6, 6.07) is 4.34. The number of fused-ring (bicyclic) bond motifs is 2. The van der Waals surface area contributed by atoms with Crippen molar-refractivity contribution in [3.05, 3.63) is 44.1 Å². The zero-order chi connectivity index (χ0) is 33.9. The number of hydrogen-bond acceptors (Lipinski definition) is 12. The molecule has 0 spiro atoms. The molecule has 0 saturated heterocycles. The smallest absolute Gasteiger partial charge is 0.447 e. The molecule has 1 aromatic carbocycles. The number of carbonyl (C=O) groups is 1. The maximum Gasteiger partial charge on any atom is 0.500 e. The third-order valence-corrected chi connectivity index (χ3v) is 10.7. The van der Waals surface area contributed by atoms with Crippen LogP contribution in [0.4, 0.5) is 4.79 Å². The predicted octanol–water partition coefficient (Wildman–Crippen LogP) is 2.41. The molecule has 2 aliphatic rings. The highest BCUT2D eigenvalue weighted by molar-refractivity contribution is 6.60. The highest BCUT2D eigenvalue weighted by atomic mass is 28.4. The third kappa shape index (κ3) is 9.18. The van der Waals surface area contributed by atoms with Gasteiger partial charge < -0.3 is 42.1 Å². The Labute approximate surface area is 269 Å². The van der Waals surface area contributed by atoms with Crippen molar-refractivity contribution < 1.29 is 37.0 Å². The number of carbonyl (C=O) groups excluding carboxylic acids is 1. The number of aryl methyl sites for hydroxylation is 2. The first-order valence-electron chi connectivity index (χ1n) is 15.4. The lowest BCUT2D eigenvalue weighted by atomic mass is 10.1. The van der Waals surface area contributed by atoms with Crippen LogP contribution in [0, 0.1) is 13.8 Å². The van der Waals surface area contributed by atoms with Crippen molar-refractivity contribution in [3.8, 4) is 11.5 Å². The molecule has 256 valence electrons. The Bertz CT molecular complexity index is 1500. The lowest BCUT2D eigenvalue weighted by molar-refractivity contribution is -0.124. The zero-order valence-corrected chi connectivity index (χ0v) is 29.0. The van der Waals surface area contributed by atoms with Crippen molar-refractivity contribution in [1.82, 2.24) is 24.8 Å². The van der Waals surface area contributed by atoms with Gasteiger partial charge in [0, 0.05) is 53.7 Å². The molecule has 0 bridgehead atoms. The van der Waals surface area contributed by atoms with E-state index in [2.05, 4.69) is 20.3 Å². The molecular weight excluding hydrogens is 618 g/mol. The monoisotopic (exact) mass is 665 g/mol. The molecular formula is C30H47N5O10Si. The second kappa shape index (κ2) is 17.6. The fraction of sp³-hybridized carbons (Fsp3) is 0.633. The van der Waals surface area contributed by atoms with Crippen molar-refractivity contribution in [2.24, 2.45) is 0 Å². The SMILES string of the molecule is CCO[Si](CCCNC(=O)OC[C@@H](OC)[C@@H](OC)[C@H](Cn1c2nc(=O)[nH]c(=O)c-2nc2cc(C)c(C)cc21)OC)(OCC)OCC. The van der Waals surface area contributed by atoms with Crippen LogP contribution in [-0.4, -0.2) is 107 Å². The van der Waals surface area contributed by atoms with E-state index in [0.717, 1.165) is 11.1 Å². The molecule has 0 radical (unpaired) electrons. The summed E-state index contributed by atoms with van der Waals surface area (Å²) in [6.45, 7) is 11.3. The number of methoxy groups -OCH3 is 3. The van der Waals surface area contributed by atoms with E-state index >= 15 is 0 Å². The molecule has 3 atom stereocenters. The summed E-state index contributed by atoms with van der Waals surface area (Å²) in [4.78, 5) is 48.3. The number of rotatable bonds is 19. The molecule has 46 heavy (non-hydrogen) atoms. The number of H-pyrrole nitrogens is 1. The van der Waals surface area contributed by atoms with E-state index in [0.29, 0.717) is 49.9 Å². The minimum atomic E-state index is -2.82. The first-order chi connectivity index (χ1) is 22.1. The molecule has 2 heterocycles. The second-order valence-electron chi connectivity index (χ2n) is 10.6. The van der Waals surface area contributed by atoms with Crippen molar-refractivity contribution in [2.75, 3.05) is 54.3 Å². The normalized spacial score (nSPS) is 14.0. The van der Waals surface area contributed by atoms with Gasteiger partial charge in [-0.15, -0.1) is 0 Å². The van der Waals surface area contributed by atoms with Gasteiger partial charge in [0.25, 0.3) is 5.56 Å². The molecule has 15 nitrogen and oxygen atoms in total. The van der Waals surface area contributed by atoms with E-state index in [4.69, 9.17) is 32.2 Å². The topological polar surface area (TPSA) is 174 Å². The fourth-order valence-electron chi connectivity index (χ4n) is 5.27. The van der Waals surface area contributed by atoms with Gasteiger partial charge in [0.15, 0.2) is 11.5 Å². The third-order valence-electron chi connectivity index (χ3n) is 7.60. The van der Waals surface area contributed by atoms with Crippen molar-refractivity contribution in [3.63, 3.8) is 0 Å². The van der Waals surface area contributed by atoms with Crippen molar-refractivity contribution in [1.29, 1.82) is 0 Å². The second-order valence-corrected chi connectivity index (χ2v) is 13.3. The van der Waals surface area contributed by atoms with Crippen molar-refractivity contribution in [2.45, 2.75) is 71.9 Å². The zero-order valence-electron chi connectivity index (χ0n) is 28.0. The number of aromatic amines is 1. The average Bonchev–Trinajstić information content (AvgIpc) is 3.02. The molecule has 1 aromatic rings. The van der Waals surface area contributed by atoms with Crippen LogP contribution >= 0.6 is 0 Å². The number of ether oxygens (including phenoxy) is 4. The fourth-order valence-corrected chi connectivity index (χ4v) is 7.88. The molecule has 0 saturated carbocycles. The van der Waals surface area contributed by atoms with Gasteiger partial charge in [-0.25, -0.2) is 14.6 Å². The maximum absolute atomic E-state index is 12.7. The average molecular weight is 666 g/mol. The number of benzene rings is 1. The van der Waals surface area contributed by atoms with Crippen LogP contribution in [0.25, 0.3) is 22.6 Å². The molecule has 0 unspecified atom stereocenters. The van der Waals surface area contributed by atoms with Gasteiger partial charge in [0.1, 0.15) is 24.9 Å². The van der Waals surface area contributed by atoms with Crippen LogP contribution in [0.15, 0.2) is 21.7 Å². The number of alkyl carbamates (subject to hydrolysis) is 1. The summed E-state index contributed by atoms with van der Waals surface area (Å²) >= 11 is 0. The van der Waals surface area contributed by atoms with E-state index in [1.54, 1.807) is 4.57 Å². The van der Waals surface area contributed by atoms with Crippen LogP contribution in [0.3, 0.4) is 0 Å². The number of nitrogens with one attached hydrogen (secondary N) is 2. The molecule has 2 aliphatic heterocycles. The van der Waals surface area contributed by atoms with Gasteiger partial charge in [-0.2, -0.15) is 4.98 Å². The lowest BCUT2D eigenvalue weighted by Gasteiger charge is -2.32. The standard InChI is InChI=1S/C30H47N5O10Si/c1-9-43-46(44-10-2,45-11-3)14-12-13-31-30(38)42-18-24(40-7)26(41-8)23(39-6)17-35-22-16-20(5)19(4)15-21(22)32-25-27(35)33-29(37)34-28(25)36/h15-16,23-24,26H,9-14,17-18H2,1-8H3,(H,31,38)(H,34,36,37)/t23-,24+,26-/m0/s1. The molecule has 1 amide bonds. The molecule has 0 fully saturated rings. The van der Waals surface area contributed by atoms with Crippen LogP contribution < -0.4 is 16.6 Å². The quantitative estimate of drug-likeness (QED) is 0.109. The number of nitrogens with zero attached hydrogens (tertiary/aromatic N) is 3. The molecule has 3 rings (SSSR count). The van der Waals surface area contributed by atoms with Gasteiger partial charge in [-0.1, -0.05) is 0 Å². The Morgan fingerprint density at radius 3 is 2.15 bits per heavy atom. The van der Waals surface area contributed by atoms with Crippen molar-refractivity contribution >= 4 is 25.9 Å². The summed E-state index contributed by atoms with van der Waals surface area (Å²) in [5.41, 5.74) is 1.77. The Balaban J connectivity index is 1.75. The van der Waals surface area contributed by atoms with E-state index in [9.17, 15) is 14.4 Å². The molecule has 16 heteroatoms. The largest absolute Gasteiger partial charge is 0.500 e. The minimum absolute atomic E-state index is 0.0196. The first-order valence-corrected chi connectivity index (χ1v) is 17.3. The van der Waals surface area contributed by atoms with Gasteiger partial charge in [-0.05, 0) is 64.3 Å².